The van der Waals surface area contributed by atoms with Gasteiger partial charge in [0.1, 0.15) is 8.47 Å². The molecule has 0 spiro atoms. The Balaban J connectivity index is 4.03. The van der Waals surface area contributed by atoms with Crippen LogP contribution in [0.15, 0.2) is 17.0 Å². The first kappa shape index (κ1) is 18.1. The molecule has 120 valence electrons. The molecule has 0 unspecified atom stereocenters. The van der Waals surface area contributed by atoms with Gasteiger partial charge in [-0.1, -0.05) is 0 Å². The molecule has 0 aliphatic rings. The molecule has 0 bridgehead atoms. The Morgan fingerprint density at radius 1 is 0.952 bits per heavy atom. The molecule has 2 N–H and O–H groups in total. The highest BCUT2D eigenvalue weighted by Gasteiger charge is 2.42. The fourth-order valence-corrected chi connectivity index (χ4v) is 4.85. The third-order valence-corrected chi connectivity index (χ3v) is 5.48. The van der Waals surface area contributed by atoms with E-state index in [2.05, 4.69) is 5.14 Å². The number of benzene rings is 1. The molecule has 21 heavy (non-hydrogen) atoms. The summed E-state index contributed by atoms with van der Waals surface area (Å²) in [6.45, 7) is 0. The predicted octanol–water partition coefficient (Wildman–Crippen LogP) is 2.74. The van der Waals surface area contributed by atoms with Gasteiger partial charge in [-0.25, -0.2) is 19.7 Å². The molecule has 0 saturated heterocycles. The van der Waals surface area contributed by atoms with Gasteiger partial charge in [-0.3, -0.25) is 0 Å². The summed E-state index contributed by atoms with van der Waals surface area (Å²) in [5.41, 5.74) is -4.18. The largest absolute Gasteiger partial charge is 0.417 e. The van der Waals surface area contributed by atoms with Crippen molar-refractivity contribution in [2.24, 2.45) is 5.14 Å². The van der Waals surface area contributed by atoms with Crippen molar-refractivity contribution in [3.8, 4) is 0 Å². The maximum absolute atomic E-state index is 12.7. The zero-order valence-electron chi connectivity index (χ0n) is 9.42. The second kappa shape index (κ2) is 5.35. The molecule has 0 amide bonds. The topological polar surface area (TPSA) is 94.3 Å². The molecule has 0 atom stereocenters. The Hall–Kier alpha value is -0.960. The lowest BCUT2D eigenvalue weighted by Crippen LogP contribution is -2.20. The molecule has 1 aromatic rings. The van der Waals surface area contributed by atoms with Crippen LogP contribution >= 0.6 is 19.8 Å². The molecular weight excluding hydrogens is 447 g/mol. The van der Waals surface area contributed by atoms with Crippen molar-refractivity contribution in [2.75, 3.05) is 0 Å². The van der Waals surface area contributed by atoms with Gasteiger partial charge in [0.25, 0.3) is 0 Å². The summed E-state index contributed by atoms with van der Waals surface area (Å²) < 4.78 is 118. The number of sulfonamides is 1. The van der Waals surface area contributed by atoms with Crippen molar-refractivity contribution in [1.82, 2.24) is 0 Å². The van der Waals surface area contributed by atoms with Crippen LogP contribution in [0.2, 0.25) is 0 Å². The first-order chi connectivity index (χ1) is 9.15. The molecule has 13 heteroatoms. The van der Waals surface area contributed by atoms with Gasteiger partial charge in [-0.05, 0) is 12.1 Å². The highest BCUT2D eigenvalue weighted by atomic mass is 127. The van der Waals surface area contributed by atoms with Gasteiger partial charge in [0.15, 0.2) is 0 Å². The highest BCUT2D eigenvalue weighted by Crippen LogP contribution is 2.42. The second-order valence-electron chi connectivity index (χ2n) is 3.59. The summed E-state index contributed by atoms with van der Waals surface area (Å²) in [5, 5.41) is 4.50. The lowest BCUT2D eigenvalue weighted by Gasteiger charge is -2.15. The van der Waals surface area contributed by atoms with E-state index in [0.717, 1.165) is 0 Å². The van der Waals surface area contributed by atoms with Crippen molar-refractivity contribution in [1.29, 1.82) is 0 Å². The predicted molar refractivity (Wildman–Crippen MR) is 61.9 cm³/mol. The maximum atomic E-state index is 12.7. The van der Waals surface area contributed by atoms with Crippen molar-refractivity contribution >= 4 is 29.8 Å². The SMILES string of the molecule is NS(=O)(=O)c1cc(C(F)(F)F)cc(C(F)(F)F)c1I(=O)=O. The van der Waals surface area contributed by atoms with E-state index >= 15 is 0 Å². The first-order valence-electron chi connectivity index (χ1n) is 4.56. The average molecular weight is 451 g/mol. The number of halogens is 7. The molecular formula is C8H4F6INO4S. The molecule has 5 nitrogen and oxygen atoms in total. The van der Waals surface area contributed by atoms with Gasteiger partial charge < -0.3 is 0 Å². The van der Waals surface area contributed by atoms with E-state index < -0.39 is 67.8 Å². The van der Waals surface area contributed by atoms with Gasteiger partial charge in [-0.2, -0.15) is 26.3 Å². The van der Waals surface area contributed by atoms with Crippen LogP contribution in [-0.4, -0.2) is 8.42 Å². The summed E-state index contributed by atoms with van der Waals surface area (Å²) in [5.74, 6) is 0. The van der Waals surface area contributed by atoms with Crippen LogP contribution in [0, 0.1) is 3.57 Å². The van der Waals surface area contributed by atoms with Crippen LogP contribution in [0.25, 0.3) is 0 Å². The molecule has 0 fully saturated rings. The van der Waals surface area contributed by atoms with E-state index in [1.54, 1.807) is 0 Å². The number of hydrogen-bond donors (Lipinski definition) is 1. The molecule has 0 aliphatic heterocycles. The van der Waals surface area contributed by atoms with Crippen molar-refractivity contribution in [2.45, 2.75) is 17.2 Å². The van der Waals surface area contributed by atoms with Crippen LogP contribution in [0.1, 0.15) is 11.1 Å². The fraction of sp³-hybridized carbons (Fsp3) is 0.250. The van der Waals surface area contributed by atoms with Crippen LogP contribution < -0.4 is 5.14 Å². The van der Waals surface area contributed by atoms with Gasteiger partial charge in [0, 0.05) is 0 Å². The fourth-order valence-electron chi connectivity index (χ4n) is 1.33. The third-order valence-electron chi connectivity index (χ3n) is 2.13. The Labute approximate surface area is 120 Å². The first-order valence-corrected chi connectivity index (χ1v) is 8.95. The molecule has 0 saturated carbocycles. The lowest BCUT2D eigenvalue weighted by molar-refractivity contribution is -0.143. The summed E-state index contributed by atoms with van der Waals surface area (Å²) in [4.78, 5) is -1.72. The van der Waals surface area contributed by atoms with Gasteiger partial charge >= 0.3 is 32.1 Å². The number of alkyl halides is 6. The van der Waals surface area contributed by atoms with E-state index in [-0.39, 0.29) is 6.07 Å². The minimum Gasteiger partial charge on any atom is -0.230 e. The Morgan fingerprint density at radius 2 is 1.43 bits per heavy atom. The summed E-state index contributed by atoms with van der Waals surface area (Å²) in [6, 6.07) is -0.704. The highest BCUT2D eigenvalue weighted by molar-refractivity contribution is 14.2. The molecule has 1 aromatic carbocycles. The maximum Gasteiger partial charge on any atom is 0.417 e. The summed E-state index contributed by atoms with van der Waals surface area (Å²) >= 11 is -5.11. The number of primary sulfonamides is 1. The normalized spacial score (nSPS) is 13.7. The number of nitrogens with two attached hydrogens (primary N) is 1. The third kappa shape index (κ3) is 4.03. The quantitative estimate of drug-likeness (QED) is 0.553. The standard InChI is InChI=1S/C8H4F6INO4S/c9-7(10,11)3-1-4(8(12,13)14)6(15(17)18)5(2-3)21(16,19)20/h1-2H,(H2,16,19,20). The van der Waals surface area contributed by atoms with E-state index in [4.69, 9.17) is 0 Å². The van der Waals surface area contributed by atoms with E-state index in [9.17, 15) is 40.9 Å². The van der Waals surface area contributed by atoms with E-state index in [1.807, 2.05) is 0 Å². The van der Waals surface area contributed by atoms with E-state index in [0.29, 0.717) is 0 Å². The summed E-state index contributed by atoms with van der Waals surface area (Å²) in [7, 11) is -5.10. The van der Waals surface area contributed by atoms with Crippen LogP contribution in [0.4, 0.5) is 26.3 Å². The van der Waals surface area contributed by atoms with Gasteiger partial charge in [-0.15, -0.1) is 0 Å². The monoisotopic (exact) mass is 451 g/mol. The smallest absolute Gasteiger partial charge is 0.230 e. The molecule has 0 heterocycles. The minimum absolute atomic E-state index is 0.236. The van der Waals surface area contributed by atoms with Crippen LogP contribution in [-0.2, 0) is 28.5 Å². The number of hydrogen-bond acceptors (Lipinski definition) is 4. The molecule has 0 aliphatic carbocycles. The Morgan fingerprint density at radius 3 is 1.71 bits per heavy atom. The van der Waals surface area contributed by atoms with Crippen molar-refractivity contribution < 1.29 is 40.9 Å². The zero-order valence-corrected chi connectivity index (χ0v) is 12.4. The molecule has 1 rings (SSSR count). The molecule has 0 radical (unpaired) electrons. The lowest BCUT2D eigenvalue weighted by atomic mass is 10.1. The Bertz CT molecular complexity index is 741. The van der Waals surface area contributed by atoms with Crippen LogP contribution in [0.5, 0.6) is 0 Å². The average Bonchev–Trinajstić information content (AvgIpc) is 2.23. The minimum atomic E-state index is -5.50. The van der Waals surface area contributed by atoms with Gasteiger partial charge in [0.05, 0.1) is 11.1 Å². The van der Waals surface area contributed by atoms with Crippen molar-refractivity contribution in [3.63, 3.8) is 0 Å². The second-order valence-corrected chi connectivity index (χ2v) is 7.44. The van der Waals surface area contributed by atoms with Gasteiger partial charge in [0.2, 0.25) is 10.0 Å². The van der Waals surface area contributed by atoms with Crippen molar-refractivity contribution in [3.05, 3.63) is 26.8 Å². The molecule has 0 aromatic heterocycles. The van der Waals surface area contributed by atoms with E-state index in [1.165, 1.54) is 0 Å². The summed E-state index contributed by atoms with van der Waals surface area (Å²) in [6.07, 6.45) is -10.8. The Kier molecular flexibility index (Phi) is 4.61. The zero-order chi connectivity index (χ0) is 16.8. The number of rotatable bonds is 2. The van der Waals surface area contributed by atoms with Crippen LogP contribution in [0.3, 0.4) is 0 Å².